The maximum atomic E-state index is 10.6. The van der Waals surface area contributed by atoms with Crippen molar-refractivity contribution in [2.24, 2.45) is 5.41 Å². The van der Waals surface area contributed by atoms with E-state index in [9.17, 15) is 5.11 Å². The fraction of sp³-hybridized carbons (Fsp3) is 0.692. The predicted molar refractivity (Wildman–Crippen MR) is 64.7 cm³/mol. The topological polar surface area (TPSA) is 55.2 Å². The first kappa shape index (κ1) is 12.3. The molecule has 1 saturated carbocycles. The Labute approximate surface area is 102 Å². The summed E-state index contributed by atoms with van der Waals surface area (Å²) in [5.74, 6) is 0.444. The van der Waals surface area contributed by atoms with Crippen LogP contribution in [0, 0.1) is 5.41 Å². The van der Waals surface area contributed by atoms with Crippen LogP contribution in [0.1, 0.15) is 50.8 Å². The summed E-state index contributed by atoms with van der Waals surface area (Å²) in [6, 6.07) is 0. The van der Waals surface area contributed by atoms with Gasteiger partial charge in [-0.3, -0.25) is 4.98 Å². The van der Waals surface area contributed by atoms with Crippen molar-refractivity contribution in [3.05, 3.63) is 18.1 Å². The van der Waals surface area contributed by atoms with Gasteiger partial charge in [-0.1, -0.05) is 19.8 Å². The molecule has 0 amide bonds. The molecule has 4 heteroatoms. The van der Waals surface area contributed by atoms with Crippen LogP contribution < -0.4 is 4.74 Å². The summed E-state index contributed by atoms with van der Waals surface area (Å²) in [7, 11) is 1.56. The number of ether oxygens (including phenoxy) is 1. The second-order valence-corrected chi connectivity index (χ2v) is 4.78. The fourth-order valence-corrected chi connectivity index (χ4v) is 2.87. The van der Waals surface area contributed by atoms with Crippen LogP contribution in [-0.2, 0) is 0 Å². The number of aliphatic hydroxyl groups excluding tert-OH is 1. The normalized spacial score (nSPS) is 20.2. The van der Waals surface area contributed by atoms with Gasteiger partial charge in [0.2, 0.25) is 5.88 Å². The SMILES string of the molecule is CCC1(C(O)c2nccnc2OC)CCCC1. The predicted octanol–water partition coefficient (Wildman–Crippen LogP) is 2.49. The standard InChI is InChI=1S/C13H20N2O2/c1-3-13(6-4-5-7-13)11(16)10-12(17-2)15-9-8-14-10/h8-9,11,16H,3-7H2,1-2H3. The molecule has 2 rings (SSSR count). The molecule has 0 radical (unpaired) electrons. The van der Waals surface area contributed by atoms with E-state index in [0.29, 0.717) is 11.6 Å². The molecule has 1 heterocycles. The van der Waals surface area contributed by atoms with Crippen molar-refractivity contribution in [1.29, 1.82) is 0 Å². The lowest BCUT2D eigenvalue weighted by Crippen LogP contribution is -2.26. The molecule has 1 aliphatic rings. The second-order valence-electron chi connectivity index (χ2n) is 4.78. The van der Waals surface area contributed by atoms with E-state index < -0.39 is 6.10 Å². The van der Waals surface area contributed by atoms with E-state index in [4.69, 9.17) is 4.74 Å². The van der Waals surface area contributed by atoms with Crippen LogP contribution >= 0.6 is 0 Å². The fourth-order valence-electron chi connectivity index (χ4n) is 2.87. The summed E-state index contributed by atoms with van der Waals surface area (Å²) in [5, 5.41) is 10.6. The van der Waals surface area contributed by atoms with Crippen LogP contribution in [0.5, 0.6) is 5.88 Å². The van der Waals surface area contributed by atoms with Crippen molar-refractivity contribution in [2.75, 3.05) is 7.11 Å². The minimum absolute atomic E-state index is 0.0384. The Balaban J connectivity index is 2.32. The van der Waals surface area contributed by atoms with E-state index in [1.54, 1.807) is 19.5 Å². The van der Waals surface area contributed by atoms with Crippen LogP contribution in [0.3, 0.4) is 0 Å². The summed E-state index contributed by atoms with van der Waals surface area (Å²) in [4.78, 5) is 8.36. The lowest BCUT2D eigenvalue weighted by Gasteiger charge is -2.33. The minimum atomic E-state index is -0.571. The lowest BCUT2D eigenvalue weighted by molar-refractivity contribution is 0.0182. The van der Waals surface area contributed by atoms with Crippen molar-refractivity contribution in [3.63, 3.8) is 0 Å². The Bertz CT molecular complexity index is 375. The zero-order valence-corrected chi connectivity index (χ0v) is 10.5. The van der Waals surface area contributed by atoms with Crippen molar-refractivity contribution < 1.29 is 9.84 Å². The molecular weight excluding hydrogens is 216 g/mol. The molecule has 0 aromatic carbocycles. The van der Waals surface area contributed by atoms with E-state index in [0.717, 1.165) is 19.3 Å². The number of aliphatic hydroxyl groups is 1. The third kappa shape index (κ3) is 2.14. The molecule has 1 N–H and O–H groups in total. The number of hydrogen-bond donors (Lipinski definition) is 1. The molecule has 1 aromatic heterocycles. The monoisotopic (exact) mass is 236 g/mol. The van der Waals surface area contributed by atoms with Crippen molar-refractivity contribution in [2.45, 2.75) is 45.1 Å². The lowest BCUT2D eigenvalue weighted by atomic mass is 9.76. The molecule has 1 unspecified atom stereocenters. The Hall–Kier alpha value is -1.16. The van der Waals surface area contributed by atoms with Gasteiger partial charge in [0, 0.05) is 17.8 Å². The number of rotatable bonds is 4. The maximum Gasteiger partial charge on any atom is 0.238 e. The highest BCUT2D eigenvalue weighted by atomic mass is 16.5. The van der Waals surface area contributed by atoms with E-state index in [1.165, 1.54) is 12.8 Å². The molecule has 1 aliphatic carbocycles. The van der Waals surface area contributed by atoms with E-state index in [1.807, 2.05) is 0 Å². The molecule has 4 nitrogen and oxygen atoms in total. The molecular formula is C13H20N2O2. The highest BCUT2D eigenvalue weighted by Crippen LogP contribution is 2.50. The summed E-state index contributed by atoms with van der Waals surface area (Å²) in [6.45, 7) is 2.14. The van der Waals surface area contributed by atoms with Crippen LogP contribution in [0.15, 0.2) is 12.4 Å². The van der Waals surface area contributed by atoms with Gasteiger partial charge in [-0.05, 0) is 19.3 Å². The average Bonchev–Trinajstić information content (AvgIpc) is 2.88. The molecule has 1 fully saturated rings. The highest BCUT2D eigenvalue weighted by molar-refractivity contribution is 5.22. The first-order valence-corrected chi connectivity index (χ1v) is 6.26. The Kier molecular flexibility index (Phi) is 3.62. The molecule has 94 valence electrons. The molecule has 0 saturated heterocycles. The number of aromatic nitrogens is 2. The Morgan fingerprint density at radius 3 is 2.59 bits per heavy atom. The highest BCUT2D eigenvalue weighted by Gasteiger charge is 2.41. The average molecular weight is 236 g/mol. The van der Waals surface area contributed by atoms with Gasteiger partial charge < -0.3 is 9.84 Å². The van der Waals surface area contributed by atoms with E-state index >= 15 is 0 Å². The van der Waals surface area contributed by atoms with E-state index in [-0.39, 0.29) is 5.41 Å². The summed E-state index contributed by atoms with van der Waals surface area (Å²) < 4.78 is 5.18. The maximum absolute atomic E-state index is 10.6. The van der Waals surface area contributed by atoms with E-state index in [2.05, 4.69) is 16.9 Å². The van der Waals surface area contributed by atoms with Crippen LogP contribution in [0.4, 0.5) is 0 Å². The van der Waals surface area contributed by atoms with Gasteiger partial charge in [-0.2, -0.15) is 0 Å². The quantitative estimate of drug-likeness (QED) is 0.872. The third-order valence-electron chi connectivity index (χ3n) is 4.03. The van der Waals surface area contributed by atoms with Crippen LogP contribution in [-0.4, -0.2) is 22.2 Å². The Morgan fingerprint density at radius 2 is 2.00 bits per heavy atom. The first-order valence-electron chi connectivity index (χ1n) is 6.26. The van der Waals surface area contributed by atoms with Gasteiger partial charge in [0.1, 0.15) is 11.8 Å². The summed E-state index contributed by atoms with van der Waals surface area (Å²) in [5.41, 5.74) is 0.544. The number of nitrogens with zero attached hydrogens (tertiary/aromatic N) is 2. The zero-order valence-electron chi connectivity index (χ0n) is 10.5. The van der Waals surface area contributed by atoms with Gasteiger partial charge in [0.05, 0.1) is 7.11 Å². The zero-order chi connectivity index (χ0) is 12.3. The Morgan fingerprint density at radius 1 is 1.35 bits per heavy atom. The van der Waals surface area contributed by atoms with Gasteiger partial charge in [0.25, 0.3) is 0 Å². The molecule has 17 heavy (non-hydrogen) atoms. The molecule has 0 aliphatic heterocycles. The van der Waals surface area contributed by atoms with Crippen molar-refractivity contribution in [3.8, 4) is 5.88 Å². The van der Waals surface area contributed by atoms with Gasteiger partial charge in [-0.15, -0.1) is 0 Å². The largest absolute Gasteiger partial charge is 0.480 e. The van der Waals surface area contributed by atoms with Gasteiger partial charge in [-0.25, -0.2) is 4.98 Å². The first-order chi connectivity index (χ1) is 8.23. The summed E-state index contributed by atoms with van der Waals surface area (Å²) in [6.07, 6.45) is 8.09. The molecule has 1 atom stereocenters. The third-order valence-corrected chi connectivity index (χ3v) is 4.03. The smallest absolute Gasteiger partial charge is 0.238 e. The second kappa shape index (κ2) is 5.00. The number of methoxy groups -OCH3 is 1. The minimum Gasteiger partial charge on any atom is -0.480 e. The van der Waals surface area contributed by atoms with Gasteiger partial charge in [0.15, 0.2) is 0 Å². The summed E-state index contributed by atoms with van der Waals surface area (Å²) >= 11 is 0. The van der Waals surface area contributed by atoms with Crippen LogP contribution in [0.2, 0.25) is 0 Å². The van der Waals surface area contributed by atoms with Crippen molar-refractivity contribution in [1.82, 2.24) is 9.97 Å². The van der Waals surface area contributed by atoms with Crippen LogP contribution in [0.25, 0.3) is 0 Å². The molecule has 0 spiro atoms. The molecule has 0 bridgehead atoms. The molecule has 1 aromatic rings. The van der Waals surface area contributed by atoms with Crippen molar-refractivity contribution >= 4 is 0 Å². The van der Waals surface area contributed by atoms with Gasteiger partial charge >= 0.3 is 0 Å². The number of hydrogen-bond acceptors (Lipinski definition) is 4.